The van der Waals surface area contributed by atoms with Crippen LogP contribution in [-0.4, -0.2) is 47.2 Å². The lowest BCUT2D eigenvalue weighted by Gasteiger charge is -2.33. The van der Waals surface area contributed by atoms with Crippen molar-refractivity contribution in [2.75, 3.05) is 30.5 Å². The summed E-state index contributed by atoms with van der Waals surface area (Å²) in [6, 6.07) is 12.5. The highest BCUT2D eigenvalue weighted by Crippen LogP contribution is 2.55. The Bertz CT molecular complexity index is 1410. The minimum atomic E-state index is -0.608. The molecular formula is C28H27BrFN3O4. The molecule has 0 N–H and O–H groups in total. The van der Waals surface area contributed by atoms with E-state index in [1.165, 1.54) is 29.5 Å². The molecular weight excluding hydrogens is 541 g/mol. The van der Waals surface area contributed by atoms with Gasteiger partial charge in [0.1, 0.15) is 17.1 Å². The highest BCUT2D eigenvalue weighted by molar-refractivity contribution is 9.09. The van der Waals surface area contributed by atoms with Crippen LogP contribution in [0.4, 0.5) is 10.1 Å². The number of fused-ring (bicyclic) bond motifs is 2. The van der Waals surface area contributed by atoms with Crippen molar-refractivity contribution >= 4 is 33.5 Å². The highest BCUT2D eigenvalue weighted by Gasteiger charge is 2.56. The van der Waals surface area contributed by atoms with E-state index in [9.17, 15) is 9.59 Å². The first-order valence-electron chi connectivity index (χ1n) is 12.5. The van der Waals surface area contributed by atoms with Crippen LogP contribution in [-0.2, 0) is 15.6 Å². The quantitative estimate of drug-likeness (QED) is 0.285. The standard InChI is InChI=1S/C28H27BrFN3O4/c1-3-37-26(35)23-22-24(33(31-23)21-9-8-19(36-2)14-20(21)30)25(34)32(16-28(22)12-13-28)18-6-4-17(5-7-18)27(15-29)10-11-27/h4-9,14H,3,10-13,15-16H2,1-2H3. The molecule has 2 saturated carbocycles. The van der Waals surface area contributed by atoms with Crippen LogP contribution in [0.1, 0.15) is 64.7 Å². The maximum Gasteiger partial charge on any atom is 0.359 e. The fourth-order valence-electron chi connectivity index (χ4n) is 5.42. The normalized spacial score (nSPS) is 18.5. The van der Waals surface area contributed by atoms with Gasteiger partial charge in [0.25, 0.3) is 5.91 Å². The number of carbonyl (C=O) groups excluding carboxylic acids is 2. The number of anilines is 1. The fraction of sp³-hybridized carbons (Fsp3) is 0.393. The molecule has 1 amide bonds. The molecule has 2 heterocycles. The third-order valence-corrected chi connectivity index (χ3v) is 9.00. The molecule has 2 fully saturated rings. The van der Waals surface area contributed by atoms with Crippen molar-refractivity contribution in [3.8, 4) is 11.4 Å². The van der Waals surface area contributed by atoms with Crippen molar-refractivity contribution < 1.29 is 23.5 Å². The Morgan fingerprint density at radius 1 is 1.14 bits per heavy atom. The van der Waals surface area contributed by atoms with Crippen molar-refractivity contribution in [3.05, 3.63) is 70.8 Å². The smallest absolute Gasteiger partial charge is 0.359 e. The van der Waals surface area contributed by atoms with Crippen LogP contribution in [0.25, 0.3) is 5.69 Å². The molecule has 3 aromatic rings. The summed E-state index contributed by atoms with van der Waals surface area (Å²) in [7, 11) is 1.45. The number of methoxy groups -OCH3 is 1. The van der Waals surface area contributed by atoms with Gasteiger partial charge >= 0.3 is 5.97 Å². The third kappa shape index (κ3) is 3.77. The Morgan fingerprint density at radius 2 is 1.86 bits per heavy atom. The minimum absolute atomic E-state index is 0.0712. The molecule has 1 spiro atoms. The van der Waals surface area contributed by atoms with Gasteiger partial charge in [0.15, 0.2) is 11.5 Å². The summed E-state index contributed by atoms with van der Waals surface area (Å²) in [5.74, 6) is -1.19. The molecule has 2 aliphatic carbocycles. The van der Waals surface area contributed by atoms with Crippen molar-refractivity contribution in [1.82, 2.24) is 9.78 Å². The predicted octanol–water partition coefficient (Wildman–Crippen LogP) is 5.32. The summed E-state index contributed by atoms with van der Waals surface area (Å²) in [6.45, 7) is 2.33. The zero-order chi connectivity index (χ0) is 25.9. The topological polar surface area (TPSA) is 73.7 Å². The van der Waals surface area contributed by atoms with Crippen molar-refractivity contribution in [3.63, 3.8) is 0 Å². The number of amides is 1. The average Bonchev–Trinajstić information content (AvgIpc) is 3.83. The predicted molar refractivity (Wildman–Crippen MR) is 140 cm³/mol. The van der Waals surface area contributed by atoms with E-state index in [4.69, 9.17) is 9.47 Å². The minimum Gasteiger partial charge on any atom is -0.497 e. The summed E-state index contributed by atoms with van der Waals surface area (Å²) < 4.78 is 26.9. The number of alkyl halides is 1. The van der Waals surface area contributed by atoms with E-state index in [0.717, 1.165) is 36.7 Å². The van der Waals surface area contributed by atoms with Gasteiger partial charge in [-0.2, -0.15) is 5.10 Å². The molecule has 192 valence electrons. The van der Waals surface area contributed by atoms with Crippen molar-refractivity contribution in [1.29, 1.82) is 0 Å². The number of hydrogen-bond acceptors (Lipinski definition) is 5. The number of benzene rings is 2. The number of hydrogen-bond donors (Lipinski definition) is 0. The molecule has 0 saturated heterocycles. The van der Waals surface area contributed by atoms with E-state index in [2.05, 4.69) is 33.2 Å². The first-order chi connectivity index (χ1) is 17.9. The number of aromatic nitrogens is 2. The molecule has 1 aromatic heterocycles. The molecule has 3 aliphatic rings. The summed E-state index contributed by atoms with van der Waals surface area (Å²) in [5.41, 5.74) is 2.73. The number of carbonyl (C=O) groups is 2. The molecule has 6 rings (SSSR count). The van der Waals surface area contributed by atoms with Crippen LogP contribution in [0.15, 0.2) is 42.5 Å². The molecule has 2 aromatic carbocycles. The van der Waals surface area contributed by atoms with E-state index in [0.29, 0.717) is 17.9 Å². The first-order valence-corrected chi connectivity index (χ1v) is 13.6. The van der Waals surface area contributed by atoms with E-state index in [-0.39, 0.29) is 35.0 Å². The van der Waals surface area contributed by atoms with Gasteiger partial charge in [-0.15, -0.1) is 0 Å². The summed E-state index contributed by atoms with van der Waals surface area (Å²) in [5, 5.41) is 5.40. The lowest BCUT2D eigenvalue weighted by atomic mass is 9.88. The lowest BCUT2D eigenvalue weighted by molar-refractivity contribution is 0.0516. The second kappa shape index (κ2) is 8.68. The highest BCUT2D eigenvalue weighted by atomic mass is 79.9. The number of rotatable bonds is 7. The summed E-state index contributed by atoms with van der Waals surface area (Å²) in [4.78, 5) is 28.7. The van der Waals surface area contributed by atoms with Crippen LogP contribution in [0.5, 0.6) is 5.75 Å². The summed E-state index contributed by atoms with van der Waals surface area (Å²) >= 11 is 3.64. The van der Waals surface area contributed by atoms with Crippen molar-refractivity contribution in [2.45, 2.75) is 43.4 Å². The molecule has 1 aliphatic heterocycles. The molecule has 0 unspecified atom stereocenters. The SMILES string of the molecule is CCOC(=O)c1nn(-c2ccc(OC)cc2F)c2c1C1(CC1)CN(c1ccc(C3(CBr)CC3)cc1)C2=O. The third-order valence-electron chi connectivity index (χ3n) is 7.93. The Kier molecular flexibility index (Phi) is 5.67. The van der Waals surface area contributed by atoms with Gasteiger partial charge in [-0.25, -0.2) is 13.9 Å². The van der Waals surface area contributed by atoms with Gasteiger partial charge < -0.3 is 14.4 Å². The second-order valence-corrected chi connectivity index (χ2v) is 10.7. The lowest BCUT2D eigenvalue weighted by Crippen LogP contribution is -2.44. The summed E-state index contributed by atoms with van der Waals surface area (Å²) in [6.07, 6.45) is 3.90. The molecule has 7 nitrogen and oxygen atoms in total. The van der Waals surface area contributed by atoms with Gasteiger partial charge in [0.05, 0.1) is 13.7 Å². The molecule has 0 atom stereocenters. The van der Waals surface area contributed by atoms with Crippen molar-refractivity contribution in [2.24, 2.45) is 0 Å². The largest absolute Gasteiger partial charge is 0.497 e. The number of ether oxygens (including phenoxy) is 2. The molecule has 37 heavy (non-hydrogen) atoms. The number of nitrogens with zero attached hydrogens (tertiary/aromatic N) is 3. The van der Waals surface area contributed by atoms with Gasteiger partial charge in [0, 0.05) is 40.0 Å². The monoisotopic (exact) mass is 567 g/mol. The van der Waals surface area contributed by atoms with Crippen LogP contribution >= 0.6 is 15.9 Å². The maximum atomic E-state index is 15.2. The van der Waals surface area contributed by atoms with Crippen LogP contribution < -0.4 is 9.64 Å². The van der Waals surface area contributed by atoms with Crippen LogP contribution in [0.3, 0.4) is 0 Å². The fourth-order valence-corrected chi connectivity index (χ4v) is 6.30. The van der Waals surface area contributed by atoms with Crippen LogP contribution in [0.2, 0.25) is 0 Å². The van der Waals surface area contributed by atoms with E-state index < -0.39 is 17.2 Å². The zero-order valence-electron chi connectivity index (χ0n) is 20.7. The molecule has 0 bridgehead atoms. The van der Waals surface area contributed by atoms with Gasteiger partial charge in [-0.1, -0.05) is 28.1 Å². The molecule has 0 radical (unpaired) electrons. The van der Waals surface area contributed by atoms with Gasteiger partial charge in [-0.3, -0.25) is 4.79 Å². The Hall–Kier alpha value is -3.20. The second-order valence-electron chi connectivity index (χ2n) is 10.2. The Morgan fingerprint density at radius 3 is 2.43 bits per heavy atom. The Labute approximate surface area is 222 Å². The van der Waals surface area contributed by atoms with Gasteiger partial charge in [0.2, 0.25) is 0 Å². The van der Waals surface area contributed by atoms with E-state index in [1.54, 1.807) is 17.9 Å². The Balaban J connectivity index is 1.48. The maximum absolute atomic E-state index is 15.2. The van der Waals surface area contributed by atoms with E-state index in [1.807, 2.05) is 12.1 Å². The molecule has 9 heteroatoms. The number of halogens is 2. The van der Waals surface area contributed by atoms with E-state index >= 15 is 4.39 Å². The average molecular weight is 568 g/mol. The first kappa shape index (κ1) is 24.2. The number of esters is 1. The van der Waals surface area contributed by atoms with Gasteiger partial charge in [-0.05, 0) is 62.4 Å². The zero-order valence-corrected chi connectivity index (χ0v) is 22.3. The van der Waals surface area contributed by atoms with Crippen LogP contribution in [0, 0.1) is 5.82 Å².